The van der Waals surface area contributed by atoms with Gasteiger partial charge in [0.05, 0.1) is 6.04 Å². The Balaban J connectivity index is 1.78. The van der Waals surface area contributed by atoms with Crippen LogP contribution in [0.25, 0.3) is 0 Å². The maximum atomic E-state index is 13.5. The van der Waals surface area contributed by atoms with Crippen molar-refractivity contribution >= 4 is 22.7 Å². The standard InChI is InChI=1S/C15H17FN4OS/c1-10-17-14(22-19-10)18-15(21)20-8-3-2-7-13(20)11-5-4-6-12(16)9-11/h4-6,9,13H,2-3,7-8H2,1H3,(H,17,18,19,21). The molecule has 1 atom stereocenters. The molecule has 116 valence electrons. The maximum Gasteiger partial charge on any atom is 0.324 e. The molecule has 0 saturated carbocycles. The predicted octanol–water partition coefficient (Wildman–Crippen LogP) is 3.74. The number of carbonyl (C=O) groups excluding carboxylic acids is 1. The highest BCUT2D eigenvalue weighted by Crippen LogP contribution is 2.31. The number of nitrogens with zero attached hydrogens (tertiary/aromatic N) is 3. The van der Waals surface area contributed by atoms with Crippen molar-refractivity contribution in [2.45, 2.75) is 32.2 Å². The third kappa shape index (κ3) is 3.24. The average Bonchev–Trinajstić information content (AvgIpc) is 2.92. The second-order valence-electron chi connectivity index (χ2n) is 5.34. The predicted molar refractivity (Wildman–Crippen MR) is 83.4 cm³/mol. The van der Waals surface area contributed by atoms with Gasteiger partial charge < -0.3 is 4.90 Å². The van der Waals surface area contributed by atoms with Gasteiger partial charge in [-0.05, 0) is 43.9 Å². The molecule has 2 heterocycles. The number of piperidine rings is 1. The molecule has 2 amide bonds. The normalized spacial score (nSPS) is 18.3. The van der Waals surface area contributed by atoms with Crippen molar-refractivity contribution in [2.24, 2.45) is 0 Å². The van der Waals surface area contributed by atoms with Crippen LogP contribution in [0.1, 0.15) is 36.7 Å². The van der Waals surface area contributed by atoms with Crippen molar-refractivity contribution < 1.29 is 9.18 Å². The summed E-state index contributed by atoms with van der Waals surface area (Å²) in [5.41, 5.74) is 0.836. The van der Waals surface area contributed by atoms with E-state index in [-0.39, 0.29) is 17.9 Å². The summed E-state index contributed by atoms with van der Waals surface area (Å²) in [5, 5.41) is 3.28. The molecule has 0 bridgehead atoms. The molecule has 1 fully saturated rings. The third-order valence-corrected chi connectivity index (χ3v) is 4.46. The Morgan fingerprint density at radius 3 is 3.05 bits per heavy atom. The molecular weight excluding hydrogens is 303 g/mol. The van der Waals surface area contributed by atoms with E-state index < -0.39 is 0 Å². The molecule has 1 unspecified atom stereocenters. The summed E-state index contributed by atoms with van der Waals surface area (Å²) in [7, 11) is 0. The van der Waals surface area contributed by atoms with E-state index in [9.17, 15) is 9.18 Å². The number of benzene rings is 1. The second-order valence-corrected chi connectivity index (χ2v) is 6.09. The van der Waals surface area contributed by atoms with Gasteiger partial charge in [-0.25, -0.2) is 14.2 Å². The first-order valence-corrected chi connectivity index (χ1v) is 8.04. The van der Waals surface area contributed by atoms with Gasteiger partial charge >= 0.3 is 6.03 Å². The molecule has 1 N–H and O–H groups in total. The Hall–Kier alpha value is -2.02. The number of rotatable bonds is 2. The van der Waals surface area contributed by atoms with Crippen LogP contribution in [0.2, 0.25) is 0 Å². The lowest BCUT2D eigenvalue weighted by Gasteiger charge is -2.35. The largest absolute Gasteiger partial charge is 0.324 e. The summed E-state index contributed by atoms with van der Waals surface area (Å²) in [6, 6.07) is 6.17. The number of urea groups is 1. The van der Waals surface area contributed by atoms with E-state index in [0.29, 0.717) is 17.5 Å². The summed E-state index contributed by atoms with van der Waals surface area (Å²) in [5.74, 6) is 0.365. The quantitative estimate of drug-likeness (QED) is 0.917. The topological polar surface area (TPSA) is 58.1 Å². The first-order chi connectivity index (χ1) is 10.6. The Labute approximate surface area is 132 Å². The van der Waals surface area contributed by atoms with Crippen LogP contribution in [-0.2, 0) is 0 Å². The highest BCUT2D eigenvalue weighted by Gasteiger charge is 2.28. The molecule has 1 aromatic heterocycles. The van der Waals surface area contributed by atoms with Crippen molar-refractivity contribution in [1.29, 1.82) is 0 Å². The molecule has 2 aromatic rings. The SMILES string of the molecule is Cc1nsc(NC(=O)N2CCCCC2c2cccc(F)c2)n1. The Kier molecular flexibility index (Phi) is 4.33. The molecule has 7 heteroatoms. The van der Waals surface area contributed by atoms with E-state index in [4.69, 9.17) is 0 Å². The number of aromatic nitrogens is 2. The molecule has 5 nitrogen and oxygen atoms in total. The molecule has 0 radical (unpaired) electrons. The van der Waals surface area contributed by atoms with Crippen LogP contribution in [0.5, 0.6) is 0 Å². The van der Waals surface area contributed by atoms with E-state index in [1.165, 1.54) is 12.1 Å². The molecule has 1 aliphatic rings. The summed E-state index contributed by atoms with van der Waals surface area (Å²) in [4.78, 5) is 18.4. The van der Waals surface area contributed by atoms with Gasteiger partial charge in [-0.1, -0.05) is 12.1 Å². The number of likely N-dealkylation sites (tertiary alicyclic amines) is 1. The lowest BCUT2D eigenvalue weighted by molar-refractivity contribution is 0.163. The van der Waals surface area contributed by atoms with E-state index in [1.54, 1.807) is 17.9 Å². The van der Waals surface area contributed by atoms with E-state index in [1.807, 2.05) is 6.07 Å². The lowest BCUT2D eigenvalue weighted by Crippen LogP contribution is -2.41. The molecule has 1 aliphatic heterocycles. The Morgan fingerprint density at radius 1 is 1.45 bits per heavy atom. The highest BCUT2D eigenvalue weighted by molar-refractivity contribution is 7.09. The Morgan fingerprint density at radius 2 is 2.32 bits per heavy atom. The molecule has 1 saturated heterocycles. The minimum Gasteiger partial charge on any atom is -0.317 e. The van der Waals surface area contributed by atoms with E-state index in [2.05, 4.69) is 14.7 Å². The molecule has 22 heavy (non-hydrogen) atoms. The first-order valence-electron chi connectivity index (χ1n) is 7.27. The first kappa shape index (κ1) is 14.9. The molecule has 3 rings (SSSR count). The van der Waals surface area contributed by atoms with Gasteiger partial charge in [0.2, 0.25) is 5.13 Å². The van der Waals surface area contributed by atoms with E-state index in [0.717, 1.165) is 36.4 Å². The molecule has 0 aliphatic carbocycles. The molecule has 0 spiro atoms. The van der Waals surface area contributed by atoms with Crippen LogP contribution >= 0.6 is 11.5 Å². The van der Waals surface area contributed by atoms with Gasteiger partial charge in [-0.15, -0.1) is 0 Å². The van der Waals surface area contributed by atoms with Crippen LogP contribution in [0.3, 0.4) is 0 Å². The number of hydrogen-bond acceptors (Lipinski definition) is 4. The monoisotopic (exact) mass is 320 g/mol. The Bertz CT molecular complexity index is 675. The van der Waals surface area contributed by atoms with Gasteiger partial charge in [0.1, 0.15) is 11.6 Å². The van der Waals surface area contributed by atoms with Crippen LogP contribution < -0.4 is 5.32 Å². The van der Waals surface area contributed by atoms with Crippen molar-refractivity contribution in [3.05, 3.63) is 41.5 Å². The van der Waals surface area contributed by atoms with Gasteiger partial charge in [-0.3, -0.25) is 5.32 Å². The molecular formula is C15H17FN4OS. The number of hydrogen-bond donors (Lipinski definition) is 1. The summed E-state index contributed by atoms with van der Waals surface area (Å²) < 4.78 is 17.5. The van der Waals surface area contributed by atoms with Crippen LogP contribution in [-0.4, -0.2) is 26.8 Å². The number of aryl methyl sites for hydroxylation is 1. The smallest absolute Gasteiger partial charge is 0.317 e. The van der Waals surface area contributed by atoms with Gasteiger partial charge in [0.25, 0.3) is 0 Å². The average molecular weight is 320 g/mol. The van der Waals surface area contributed by atoms with Crippen molar-refractivity contribution in [3.63, 3.8) is 0 Å². The fourth-order valence-electron chi connectivity index (χ4n) is 2.75. The number of nitrogens with one attached hydrogen (secondary N) is 1. The fourth-order valence-corrected chi connectivity index (χ4v) is 3.31. The summed E-state index contributed by atoms with van der Waals surface area (Å²) in [6.07, 6.45) is 2.82. The van der Waals surface area contributed by atoms with Crippen LogP contribution in [0.15, 0.2) is 24.3 Å². The van der Waals surface area contributed by atoms with Crippen molar-refractivity contribution in [2.75, 3.05) is 11.9 Å². The zero-order chi connectivity index (χ0) is 15.5. The second kappa shape index (κ2) is 6.39. The van der Waals surface area contributed by atoms with Crippen LogP contribution in [0.4, 0.5) is 14.3 Å². The minimum absolute atomic E-state index is 0.0986. The van der Waals surface area contributed by atoms with Gasteiger partial charge in [0, 0.05) is 18.1 Å². The van der Waals surface area contributed by atoms with Crippen molar-refractivity contribution in [1.82, 2.24) is 14.3 Å². The summed E-state index contributed by atoms with van der Waals surface area (Å²) >= 11 is 1.16. The number of carbonyl (C=O) groups is 1. The lowest BCUT2D eigenvalue weighted by atomic mass is 9.95. The zero-order valence-electron chi connectivity index (χ0n) is 12.3. The molecule has 1 aromatic carbocycles. The zero-order valence-corrected chi connectivity index (χ0v) is 13.1. The maximum absolute atomic E-state index is 13.5. The number of amides is 2. The van der Waals surface area contributed by atoms with Gasteiger partial charge in [0.15, 0.2) is 0 Å². The van der Waals surface area contributed by atoms with E-state index >= 15 is 0 Å². The van der Waals surface area contributed by atoms with Gasteiger partial charge in [-0.2, -0.15) is 4.37 Å². The van der Waals surface area contributed by atoms with Crippen molar-refractivity contribution in [3.8, 4) is 0 Å². The summed E-state index contributed by atoms with van der Waals surface area (Å²) in [6.45, 7) is 2.44. The number of halogens is 1. The minimum atomic E-state index is -0.275. The third-order valence-electron chi connectivity index (χ3n) is 3.74. The highest BCUT2D eigenvalue weighted by atomic mass is 32.1. The number of anilines is 1. The fraction of sp³-hybridized carbons (Fsp3) is 0.400. The van der Waals surface area contributed by atoms with Crippen LogP contribution in [0, 0.1) is 12.7 Å².